The number of hydrogen-bond donors (Lipinski definition) is 2. The van der Waals surface area contributed by atoms with Gasteiger partial charge < -0.3 is 9.84 Å². The van der Waals surface area contributed by atoms with Crippen LogP contribution in [0, 0.1) is 0 Å². The molecule has 1 atom stereocenters. The Balaban J connectivity index is 1.81. The number of carboxylic acids is 1. The summed E-state index contributed by atoms with van der Waals surface area (Å²) in [5, 5.41) is 12.6. The highest BCUT2D eigenvalue weighted by molar-refractivity contribution is 5.78. The first-order valence-corrected chi connectivity index (χ1v) is 7.77. The molecular weight excluding hydrogens is 266 g/mol. The van der Waals surface area contributed by atoms with E-state index in [1.807, 2.05) is 18.2 Å². The number of ether oxygens (including phenoxy) is 1. The Morgan fingerprint density at radius 1 is 1.43 bits per heavy atom. The van der Waals surface area contributed by atoms with Crippen molar-refractivity contribution in [3.63, 3.8) is 0 Å². The zero-order valence-corrected chi connectivity index (χ0v) is 12.9. The number of benzene rings is 1. The predicted molar refractivity (Wildman–Crippen MR) is 82.7 cm³/mol. The molecule has 2 N–H and O–H groups in total. The molecule has 0 spiro atoms. The maximum Gasteiger partial charge on any atom is 0.323 e. The third-order valence-corrected chi connectivity index (χ3v) is 4.00. The predicted octanol–water partition coefficient (Wildman–Crippen LogP) is 3.00. The maximum absolute atomic E-state index is 11.4. The molecule has 21 heavy (non-hydrogen) atoms. The van der Waals surface area contributed by atoms with Crippen LogP contribution in [-0.4, -0.2) is 29.3 Å². The highest BCUT2D eigenvalue weighted by Crippen LogP contribution is 2.25. The van der Waals surface area contributed by atoms with Gasteiger partial charge in [-0.1, -0.05) is 25.1 Å². The molecule has 1 unspecified atom stereocenters. The number of aliphatic carboxylic acids is 1. The van der Waals surface area contributed by atoms with E-state index in [0.29, 0.717) is 19.1 Å². The average Bonchev–Trinajstić information content (AvgIpc) is 3.27. The van der Waals surface area contributed by atoms with Crippen molar-refractivity contribution in [2.45, 2.75) is 57.5 Å². The van der Waals surface area contributed by atoms with E-state index in [2.05, 4.69) is 18.3 Å². The van der Waals surface area contributed by atoms with E-state index in [1.165, 1.54) is 5.56 Å². The summed E-state index contributed by atoms with van der Waals surface area (Å²) in [7, 11) is 0. The van der Waals surface area contributed by atoms with E-state index >= 15 is 0 Å². The molecule has 1 aromatic carbocycles. The Morgan fingerprint density at radius 2 is 2.14 bits per heavy atom. The molecule has 1 aromatic rings. The number of aryl methyl sites for hydroxylation is 1. The third kappa shape index (κ3) is 4.46. The van der Waals surface area contributed by atoms with Crippen molar-refractivity contribution in [3.8, 4) is 5.75 Å². The van der Waals surface area contributed by atoms with Crippen LogP contribution in [0.25, 0.3) is 0 Å². The summed E-state index contributed by atoms with van der Waals surface area (Å²) in [6.45, 7) is 4.42. The minimum atomic E-state index is -0.838. The van der Waals surface area contributed by atoms with E-state index < -0.39 is 11.5 Å². The topological polar surface area (TPSA) is 58.6 Å². The quantitative estimate of drug-likeness (QED) is 0.687. The zero-order chi connectivity index (χ0) is 15.3. The minimum Gasteiger partial charge on any atom is -0.493 e. The van der Waals surface area contributed by atoms with Crippen LogP contribution in [0.2, 0.25) is 0 Å². The van der Waals surface area contributed by atoms with E-state index in [4.69, 9.17) is 4.74 Å². The molecule has 1 aliphatic rings. The third-order valence-electron chi connectivity index (χ3n) is 4.00. The fourth-order valence-electron chi connectivity index (χ4n) is 2.46. The average molecular weight is 291 g/mol. The summed E-state index contributed by atoms with van der Waals surface area (Å²) in [6.07, 6.45) is 4.41. The van der Waals surface area contributed by atoms with Crippen LogP contribution in [0.5, 0.6) is 5.75 Å². The van der Waals surface area contributed by atoms with Gasteiger partial charge in [-0.05, 0) is 50.7 Å². The summed E-state index contributed by atoms with van der Waals surface area (Å²) in [5.74, 6) is 0.135. The fraction of sp³-hybridized carbons (Fsp3) is 0.588. The Hall–Kier alpha value is -1.55. The molecular formula is C17H25NO3. The zero-order valence-electron chi connectivity index (χ0n) is 12.9. The number of carbonyl (C=O) groups is 1. The Morgan fingerprint density at radius 3 is 2.76 bits per heavy atom. The molecule has 0 radical (unpaired) electrons. The van der Waals surface area contributed by atoms with Gasteiger partial charge in [0.1, 0.15) is 11.3 Å². The second kappa shape index (κ2) is 6.94. The van der Waals surface area contributed by atoms with Crippen LogP contribution < -0.4 is 10.1 Å². The molecule has 2 rings (SSSR count). The molecule has 4 heteroatoms. The SMILES string of the molecule is CCc1ccccc1OCCCC(C)(NC1CC1)C(=O)O. The molecule has 0 aromatic heterocycles. The van der Waals surface area contributed by atoms with Gasteiger partial charge in [-0.25, -0.2) is 0 Å². The molecule has 1 aliphatic carbocycles. The minimum absolute atomic E-state index is 0.382. The molecule has 0 amide bonds. The molecule has 0 aliphatic heterocycles. The first kappa shape index (κ1) is 15.8. The number of carboxylic acid groups (broad SMARTS) is 1. The second-order valence-electron chi connectivity index (χ2n) is 5.97. The van der Waals surface area contributed by atoms with E-state index in [-0.39, 0.29) is 0 Å². The van der Waals surface area contributed by atoms with Gasteiger partial charge in [0.25, 0.3) is 0 Å². The van der Waals surface area contributed by atoms with Gasteiger partial charge in [0.15, 0.2) is 0 Å². The number of hydrogen-bond acceptors (Lipinski definition) is 3. The van der Waals surface area contributed by atoms with Gasteiger partial charge >= 0.3 is 5.97 Å². The standard InChI is InChI=1S/C17H25NO3/c1-3-13-7-4-5-8-15(13)21-12-6-11-17(2,16(19)20)18-14-9-10-14/h4-5,7-8,14,18H,3,6,9-12H2,1-2H3,(H,19,20). The summed E-state index contributed by atoms with van der Waals surface area (Å²) >= 11 is 0. The van der Waals surface area contributed by atoms with E-state index in [1.54, 1.807) is 6.92 Å². The van der Waals surface area contributed by atoms with Gasteiger partial charge in [0, 0.05) is 6.04 Å². The lowest BCUT2D eigenvalue weighted by Gasteiger charge is -2.26. The van der Waals surface area contributed by atoms with Crippen LogP contribution in [0.3, 0.4) is 0 Å². The highest BCUT2D eigenvalue weighted by Gasteiger charge is 2.37. The van der Waals surface area contributed by atoms with Crippen molar-refractivity contribution in [2.75, 3.05) is 6.61 Å². The van der Waals surface area contributed by atoms with Gasteiger partial charge in [0.2, 0.25) is 0 Å². The molecule has 0 saturated heterocycles. The molecule has 116 valence electrons. The lowest BCUT2D eigenvalue weighted by molar-refractivity contribution is -0.144. The summed E-state index contributed by atoms with van der Waals surface area (Å²) in [6, 6.07) is 8.38. The lowest BCUT2D eigenvalue weighted by atomic mass is 9.96. The van der Waals surface area contributed by atoms with Crippen molar-refractivity contribution < 1.29 is 14.6 Å². The highest BCUT2D eigenvalue weighted by atomic mass is 16.5. The first-order chi connectivity index (χ1) is 10.0. The van der Waals surface area contributed by atoms with Gasteiger partial charge in [0.05, 0.1) is 6.61 Å². The number of nitrogens with one attached hydrogen (secondary N) is 1. The van der Waals surface area contributed by atoms with Crippen LogP contribution in [0.1, 0.15) is 45.1 Å². The lowest BCUT2D eigenvalue weighted by Crippen LogP contribution is -2.50. The molecule has 1 fully saturated rings. The summed E-state index contributed by atoms with van der Waals surface area (Å²) in [5.41, 5.74) is 0.351. The first-order valence-electron chi connectivity index (χ1n) is 7.77. The van der Waals surface area contributed by atoms with Crippen molar-refractivity contribution in [3.05, 3.63) is 29.8 Å². The monoisotopic (exact) mass is 291 g/mol. The van der Waals surface area contributed by atoms with Crippen LogP contribution >= 0.6 is 0 Å². The largest absolute Gasteiger partial charge is 0.493 e. The van der Waals surface area contributed by atoms with E-state index in [0.717, 1.165) is 31.4 Å². The van der Waals surface area contributed by atoms with Gasteiger partial charge in [-0.15, -0.1) is 0 Å². The number of para-hydroxylation sites is 1. The Bertz CT molecular complexity index is 485. The van der Waals surface area contributed by atoms with Crippen molar-refractivity contribution in [2.24, 2.45) is 0 Å². The van der Waals surface area contributed by atoms with Crippen LogP contribution in [0.15, 0.2) is 24.3 Å². The van der Waals surface area contributed by atoms with Crippen molar-refractivity contribution in [1.29, 1.82) is 0 Å². The van der Waals surface area contributed by atoms with Crippen LogP contribution in [0.4, 0.5) is 0 Å². The van der Waals surface area contributed by atoms with Gasteiger partial charge in [-0.2, -0.15) is 0 Å². The smallest absolute Gasteiger partial charge is 0.323 e. The summed E-state index contributed by atoms with van der Waals surface area (Å²) < 4.78 is 5.80. The Kier molecular flexibility index (Phi) is 5.23. The summed E-state index contributed by atoms with van der Waals surface area (Å²) in [4.78, 5) is 11.4. The molecule has 1 saturated carbocycles. The second-order valence-corrected chi connectivity index (χ2v) is 5.97. The van der Waals surface area contributed by atoms with E-state index in [9.17, 15) is 9.90 Å². The normalized spacial score (nSPS) is 17.2. The van der Waals surface area contributed by atoms with Crippen molar-refractivity contribution >= 4 is 5.97 Å². The molecule has 4 nitrogen and oxygen atoms in total. The van der Waals surface area contributed by atoms with Gasteiger partial charge in [-0.3, -0.25) is 10.1 Å². The fourth-order valence-corrected chi connectivity index (χ4v) is 2.46. The molecule has 0 bridgehead atoms. The number of rotatable bonds is 9. The van der Waals surface area contributed by atoms with Crippen molar-refractivity contribution in [1.82, 2.24) is 5.32 Å². The maximum atomic E-state index is 11.4. The Labute approximate surface area is 126 Å². The molecule has 0 heterocycles. The van der Waals surface area contributed by atoms with Crippen LogP contribution in [-0.2, 0) is 11.2 Å².